The Morgan fingerprint density at radius 3 is 1.49 bits per heavy atom. The van der Waals surface area contributed by atoms with Crippen LogP contribution in [0.15, 0.2) is 48.5 Å². The molecule has 4 amide bonds. The summed E-state index contributed by atoms with van der Waals surface area (Å²) in [5.41, 5.74) is 5.36. The molecule has 2 unspecified atom stereocenters. The molecule has 0 saturated carbocycles. The third-order valence-corrected chi connectivity index (χ3v) is 15.1. The molecule has 6 atom stereocenters. The van der Waals surface area contributed by atoms with Crippen LogP contribution in [0.5, 0.6) is 0 Å². The number of piperidine rings is 1. The number of benzene rings is 3. The largest absolute Gasteiger partial charge is 0.453 e. The van der Waals surface area contributed by atoms with E-state index < -0.39 is 35.9 Å². The zero-order valence-electron chi connectivity index (χ0n) is 41.2. The Kier molecular flexibility index (Phi) is 13.9. The van der Waals surface area contributed by atoms with Crippen molar-refractivity contribution < 1.29 is 37.4 Å². The lowest BCUT2D eigenvalue weighted by Gasteiger charge is -2.35. The Hall–Kier alpha value is -6.46. The zero-order valence-corrected chi connectivity index (χ0v) is 41.2. The summed E-state index contributed by atoms with van der Waals surface area (Å²) in [4.78, 5) is 76.8. The molecule has 4 aliphatic heterocycles. The number of carbonyl (C=O) groups excluding carboxylic acids is 4. The van der Waals surface area contributed by atoms with E-state index >= 15 is 8.78 Å². The fourth-order valence-electron chi connectivity index (χ4n) is 11.3. The molecule has 0 bridgehead atoms. The summed E-state index contributed by atoms with van der Waals surface area (Å²) in [6.45, 7) is 11.9. The molecule has 0 radical (unpaired) electrons. The number of H-pyrrole nitrogens is 2. The molecule has 4 N–H and O–H groups in total. The summed E-state index contributed by atoms with van der Waals surface area (Å²) in [6.07, 6.45) is 4.75. The summed E-state index contributed by atoms with van der Waals surface area (Å²) in [5.74, 6) is -0.101. The van der Waals surface area contributed by atoms with Gasteiger partial charge in [-0.15, -0.1) is 0 Å². The van der Waals surface area contributed by atoms with E-state index in [1.807, 2.05) is 56.9 Å². The fraction of sp³-hybridized carbons (Fsp3) is 0.538. The molecule has 4 aliphatic rings. The Bertz CT molecular complexity index is 2580. The van der Waals surface area contributed by atoms with Crippen LogP contribution in [0.1, 0.15) is 133 Å². The van der Waals surface area contributed by atoms with Crippen molar-refractivity contribution in [3.8, 4) is 0 Å². The maximum Gasteiger partial charge on any atom is 0.407 e. The Labute approximate surface area is 407 Å². The SMILES string of the molecule is COC(=O)N[C@H](C(=O)N1CCCC1c1nc2ccc([C@H]3CC[C@H](c4ccc5nc(C6CCCN6C(=O)[C@@H](NC(=O)OC)C(C)C)[nH]c5c4)N3c3cc(F)c(N4CCC(C)CC4)c(F)c3)cc2[nH]1)C(C)C. The van der Waals surface area contributed by atoms with Crippen molar-refractivity contribution in [3.05, 3.63) is 82.9 Å². The first kappa shape index (κ1) is 48.6. The Morgan fingerprint density at radius 1 is 0.629 bits per heavy atom. The first-order chi connectivity index (χ1) is 33.6. The number of halogens is 2. The minimum atomic E-state index is -0.761. The standard InChI is InChI=1S/C52H66F2N10O6/c1-28(2)44(59-51(67)69-6)49(65)62-20-8-10-42(62)47-55-36-14-12-31(24-38(36)57-47)40-16-17-41(64(40)33-26-34(53)46(35(54)27-33)61-22-18-30(5)19-23-61)32-13-15-37-39(25-32)58-48(56-37)43-11-9-21-63(43)50(66)45(29(3)4)60-52(68)70-7/h12-15,24-30,40-45H,8-11,16-23H2,1-7H3,(H,55,57)(H,56,58)(H,59,67)(H,60,68)/t40-,41-,42?,43?,44+,45+/m1/s1. The summed E-state index contributed by atoms with van der Waals surface area (Å²) < 4.78 is 42.6. The number of hydrogen-bond acceptors (Lipinski definition) is 10. The number of anilines is 2. The second kappa shape index (κ2) is 20.1. The van der Waals surface area contributed by atoms with Gasteiger partial charge >= 0.3 is 12.2 Å². The molecule has 18 heteroatoms. The van der Waals surface area contributed by atoms with Gasteiger partial charge in [0.15, 0.2) is 11.6 Å². The topological polar surface area (TPSA) is 181 Å². The fourth-order valence-corrected chi connectivity index (χ4v) is 11.3. The molecule has 374 valence electrons. The molecule has 0 aliphatic carbocycles. The third kappa shape index (κ3) is 9.44. The number of alkyl carbamates (subject to hydrolysis) is 2. The maximum atomic E-state index is 16.5. The smallest absolute Gasteiger partial charge is 0.407 e. The monoisotopic (exact) mass is 965 g/mol. The number of amides is 4. The lowest BCUT2D eigenvalue weighted by Crippen LogP contribution is -2.51. The first-order valence-corrected chi connectivity index (χ1v) is 24.9. The average Bonchev–Trinajstić information content (AvgIpc) is 4.20. The number of rotatable bonds is 12. The van der Waals surface area contributed by atoms with E-state index in [9.17, 15) is 19.2 Å². The number of nitrogens with zero attached hydrogens (tertiary/aromatic N) is 6. The number of ether oxygens (including phenoxy) is 2. The minimum Gasteiger partial charge on any atom is -0.453 e. The molecule has 6 heterocycles. The average molecular weight is 965 g/mol. The predicted octanol–water partition coefficient (Wildman–Crippen LogP) is 9.12. The maximum absolute atomic E-state index is 16.5. The van der Waals surface area contributed by atoms with E-state index in [4.69, 9.17) is 19.4 Å². The van der Waals surface area contributed by atoms with Gasteiger partial charge in [-0.2, -0.15) is 0 Å². The third-order valence-electron chi connectivity index (χ3n) is 15.1. The number of likely N-dealkylation sites (tertiary alicyclic amines) is 2. The number of imidazole rings is 2. The number of carbonyl (C=O) groups is 4. The molecular weight excluding hydrogens is 899 g/mol. The molecular formula is C52H66F2N10O6. The van der Waals surface area contributed by atoms with Gasteiger partial charge in [-0.3, -0.25) is 9.59 Å². The predicted molar refractivity (Wildman–Crippen MR) is 262 cm³/mol. The van der Waals surface area contributed by atoms with Crippen molar-refractivity contribution in [2.24, 2.45) is 17.8 Å². The molecule has 70 heavy (non-hydrogen) atoms. The van der Waals surface area contributed by atoms with Gasteiger partial charge in [0, 0.05) is 31.9 Å². The highest BCUT2D eigenvalue weighted by molar-refractivity contribution is 5.88. The van der Waals surface area contributed by atoms with Crippen LogP contribution >= 0.6 is 0 Å². The van der Waals surface area contributed by atoms with Gasteiger partial charge in [0.1, 0.15) is 29.4 Å². The molecule has 2 aromatic heterocycles. The van der Waals surface area contributed by atoms with Crippen LogP contribution in [0.2, 0.25) is 0 Å². The summed E-state index contributed by atoms with van der Waals surface area (Å²) in [7, 11) is 2.55. The molecule has 5 aromatic rings. The second-order valence-electron chi connectivity index (χ2n) is 20.3. The number of aromatic amines is 2. The van der Waals surface area contributed by atoms with Crippen LogP contribution in [0.3, 0.4) is 0 Å². The van der Waals surface area contributed by atoms with Crippen molar-refractivity contribution in [1.29, 1.82) is 0 Å². The quantitative estimate of drug-likeness (QED) is 0.0942. The van der Waals surface area contributed by atoms with Gasteiger partial charge in [-0.25, -0.2) is 28.3 Å². The number of fused-ring (bicyclic) bond motifs is 2. The van der Waals surface area contributed by atoms with Gasteiger partial charge < -0.3 is 49.7 Å². The number of hydrogen-bond donors (Lipinski definition) is 4. The normalized spacial score (nSPS) is 21.9. The van der Waals surface area contributed by atoms with E-state index in [2.05, 4.69) is 44.6 Å². The second-order valence-corrected chi connectivity index (χ2v) is 20.3. The van der Waals surface area contributed by atoms with Gasteiger partial charge in [-0.1, -0.05) is 46.8 Å². The molecule has 9 rings (SSSR count). The first-order valence-electron chi connectivity index (χ1n) is 24.9. The van der Waals surface area contributed by atoms with Crippen LogP contribution in [-0.2, 0) is 19.1 Å². The number of methoxy groups -OCH3 is 2. The molecule has 16 nitrogen and oxygen atoms in total. The molecule has 3 aromatic carbocycles. The lowest BCUT2D eigenvalue weighted by atomic mass is 9.98. The summed E-state index contributed by atoms with van der Waals surface area (Å²) in [5, 5.41) is 5.42. The Morgan fingerprint density at radius 2 is 1.07 bits per heavy atom. The van der Waals surface area contributed by atoms with E-state index in [0.717, 1.165) is 58.9 Å². The van der Waals surface area contributed by atoms with E-state index in [1.165, 1.54) is 26.4 Å². The van der Waals surface area contributed by atoms with Crippen LogP contribution in [0.25, 0.3) is 22.1 Å². The van der Waals surface area contributed by atoms with Crippen molar-refractivity contribution >= 4 is 57.4 Å². The van der Waals surface area contributed by atoms with Crippen LogP contribution in [-0.4, -0.2) is 106 Å². The number of aromatic nitrogens is 4. The highest BCUT2D eigenvalue weighted by atomic mass is 19.1. The van der Waals surface area contributed by atoms with Crippen LogP contribution in [0.4, 0.5) is 29.7 Å². The molecule has 4 fully saturated rings. The van der Waals surface area contributed by atoms with Crippen molar-refractivity contribution in [1.82, 2.24) is 40.4 Å². The Balaban J connectivity index is 1.04. The van der Waals surface area contributed by atoms with Gasteiger partial charge in [0.25, 0.3) is 0 Å². The number of nitrogens with one attached hydrogen (secondary N) is 4. The highest BCUT2D eigenvalue weighted by Gasteiger charge is 2.41. The van der Waals surface area contributed by atoms with Gasteiger partial charge in [0.05, 0.1) is 60.5 Å². The van der Waals surface area contributed by atoms with E-state index in [1.54, 1.807) is 9.80 Å². The van der Waals surface area contributed by atoms with Crippen LogP contribution in [0, 0.1) is 29.4 Å². The van der Waals surface area contributed by atoms with Crippen molar-refractivity contribution in [3.63, 3.8) is 0 Å². The molecule has 0 spiro atoms. The van der Waals surface area contributed by atoms with Crippen LogP contribution < -0.4 is 20.4 Å². The zero-order chi connectivity index (χ0) is 49.5. The van der Waals surface area contributed by atoms with Crippen molar-refractivity contribution in [2.75, 3.05) is 50.2 Å². The van der Waals surface area contributed by atoms with Gasteiger partial charge in [-0.05, 0) is 117 Å². The van der Waals surface area contributed by atoms with Crippen molar-refractivity contribution in [2.45, 2.75) is 122 Å². The van der Waals surface area contributed by atoms with E-state index in [-0.39, 0.29) is 53.5 Å². The highest BCUT2D eigenvalue weighted by Crippen LogP contribution is 2.49. The van der Waals surface area contributed by atoms with E-state index in [0.29, 0.717) is 75.1 Å². The lowest BCUT2D eigenvalue weighted by molar-refractivity contribution is -0.136. The minimum absolute atomic E-state index is 0.0150. The van der Waals surface area contributed by atoms with Gasteiger partial charge in [0.2, 0.25) is 11.8 Å². The molecule has 4 saturated heterocycles. The summed E-state index contributed by atoms with van der Waals surface area (Å²) in [6, 6.07) is 12.3. The summed E-state index contributed by atoms with van der Waals surface area (Å²) >= 11 is 0.